The Bertz CT molecular complexity index is 332. The van der Waals surface area contributed by atoms with Crippen molar-refractivity contribution in [2.75, 3.05) is 6.54 Å². The molecule has 1 aliphatic carbocycles. The lowest BCUT2D eigenvalue weighted by molar-refractivity contribution is 0.485. The van der Waals surface area contributed by atoms with Crippen LogP contribution in [0.3, 0.4) is 0 Å². The molecular formula is C11H14BrNS. The van der Waals surface area contributed by atoms with Gasteiger partial charge < -0.3 is 5.32 Å². The van der Waals surface area contributed by atoms with Crippen LogP contribution in [0.15, 0.2) is 22.5 Å². The molecule has 0 fully saturated rings. The number of fused-ring (bicyclic) bond motifs is 1. The highest BCUT2D eigenvalue weighted by Crippen LogP contribution is 2.37. The summed E-state index contributed by atoms with van der Waals surface area (Å²) >= 11 is 5.44. The highest BCUT2D eigenvalue weighted by atomic mass is 79.9. The molecule has 1 aromatic heterocycles. The van der Waals surface area contributed by atoms with Gasteiger partial charge in [0.2, 0.25) is 0 Å². The van der Waals surface area contributed by atoms with E-state index in [2.05, 4.69) is 33.9 Å². The molecule has 1 unspecified atom stereocenters. The summed E-state index contributed by atoms with van der Waals surface area (Å²) in [5.74, 6) is 0. The molecule has 0 saturated carbocycles. The minimum atomic E-state index is 0.541. The standard InChI is InChI=1S/C11H14BrNS/c1-2-6-13-9-4-3-5-10-8(9)7-11(12)14-10/h2,7,9,13H,1,3-6H2. The molecular weight excluding hydrogens is 258 g/mol. The van der Waals surface area contributed by atoms with E-state index >= 15 is 0 Å². The fraction of sp³-hybridized carbons (Fsp3) is 0.455. The molecule has 0 bridgehead atoms. The molecule has 1 atom stereocenters. The maximum absolute atomic E-state index is 3.74. The fourth-order valence-electron chi connectivity index (χ4n) is 1.96. The topological polar surface area (TPSA) is 12.0 Å². The third-order valence-corrected chi connectivity index (χ3v) is 4.31. The molecule has 1 heterocycles. The van der Waals surface area contributed by atoms with Crippen molar-refractivity contribution in [3.63, 3.8) is 0 Å². The van der Waals surface area contributed by atoms with Gasteiger partial charge in [-0.15, -0.1) is 17.9 Å². The van der Waals surface area contributed by atoms with E-state index in [-0.39, 0.29) is 0 Å². The van der Waals surface area contributed by atoms with E-state index in [4.69, 9.17) is 0 Å². The molecule has 3 heteroatoms. The molecule has 0 spiro atoms. The molecule has 1 N–H and O–H groups in total. The maximum atomic E-state index is 3.74. The number of nitrogens with one attached hydrogen (secondary N) is 1. The summed E-state index contributed by atoms with van der Waals surface area (Å²) in [4.78, 5) is 1.55. The molecule has 76 valence electrons. The van der Waals surface area contributed by atoms with Crippen LogP contribution in [0.5, 0.6) is 0 Å². The predicted molar refractivity (Wildman–Crippen MR) is 65.9 cm³/mol. The average molecular weight is 272 g/mol. The van der Waals surface area contributed by atoms with Crippen LogP contribution in [0, 0.1) is 0 Å². The van der Waals surface area contributed by atoms with E-state index in [0.29, 0.717) is 6.04 Å². The lowest BCUT2D eigenvalue weighted by atomic mass is 9.94. The first-order valence-electron chi connectivity index (χ1n) is 4.93. The van der Waals surface area contributed by atoms with Crippen molar-refractivity contribution in [1.82, 2.24) is 5.32 Å². The number of thiophene rings is 1. The molecule has 1 aliphatic rings. The molecule has 2 rings (SSSR count). The van der Waals surface area contributed by atoms with Crippen LogP contribution in [0.4, 0.5) is 0 Å². The van der Waals surface area contributed by atoms with Crippen LogP contribution in [0.1, 0.15) is 29.3 Å². The zero-order valence-electron chi connectivity index (χ0n) is 8.05. The monoisotopic (exact) mass is 271 g/mol. The quantitative estimate of drug-likeness (QED) is 0.828. The van der Waals surface area contributed by atoms with Gasteiger partial charge in [-0.1, -0.05) is 6.08 Å². The zero-order chi connectivity index (χ0) is 9.97. The lowest BCUT2D eigenvalue weighted by Gasteiger charge is -2.22. The van der Waals surface area contributed by atoms with Gasteiger partial charge in [0.1, 0.15) is 0 Å². The summed E-state index contributed by atoms with van der Waals surface area (Å²) in [6, 6.07) is 2.80. The number of hydrogen-bond acceptors (Lipinski definition) is 2. The van der Waals surface area contributed by atoms with E-state index in [1.807, 2.05) is 17.4 Å². The van der Waals surface area contributed by atoms with Crippen LogP contribution in [-0.4, -0.2) is 6.54 Å². The van der Waals surface area contributed by atoms with Gasteiger partial charge in [0.05, 0.1) is 3.79 Å². The number of halogens is 1. The summed E-state index contributed by atoms with van der Waals surface area (Å²) in [7, 11) is 0. The molecule has 0 radical (unpaired) electrons. The van der Waals surface area contributed by atoms with Gasteiger partial charge >= 0.3 is 0 Å². The van der Waals surface area contributed by atoms with Crippen LogP contribution in [0.2, 0.25) is 0 Å². The Kier molecular flexibility index (Phi) is 3.42. The number of rotatable bonds is 3. The second kappa shape index (κ2) is 4.60. The third-order valence-electron chi connectivity index (χ3n) is 2.59. The average Bonchev–Trinajstić information content (AvgIpc) is 2.55. The summed E-state index contributed by atoms with van der Waals surface area (Å²) in [5.41, 5.74) is 1.50. The minimum absolute atomic E-state index is 0.541. The van der Waals surface area contributed by atoms with Crippen LogP contribution in [-0.2, 0) is 6.42 Å². The van der Waals surface area contributed by atoms with Crippen molar-refractivity contribution in [1.29, 1.82) is 0 Å². The first kappa shape index (κ1) is 10.4. The Labute approximate surface area is 97.3 Å². The Hall–Kier alpha value is -0.120. The normalized spacial score (nSPS) is 20.5. The highest BCUT2D eigenvalue weighted by molar-refractivity contribution is 9.11. The zero-order valence-corrected chi connectivity index (χ0v) is 10.5. The SMILES string of the molecule is C=CCNC1CCCc2sc(Br)cc21. The number of aryl methyl sites for hydroxylation is 1. The molecule has 14 heavy (non-hydrogen) atoms. The van der Waals surface area contributed by atoms with E-state index in [1.54, 1.807) is 4.88 Å². The van der Waals surface area contributed by atoms with E-state index in [9.17, 15) is 0 Å². The van der Waals surface area contributed by atoms with Crippen molar-refractivity contribution in [3.8, 4) is 0 Å². The Balaban J connectivity index is 2.17. The molecule has 0 aromatic carbocycles. The van der Waals surface area contributed by atoms with Crippen LogP contribution >= 0.6 is 27.3 Å². The van der Waals surface area contributed by atoms with Crippen molar-refractivity contribution in [3.05, 3.63) is 32.9 Å². The minimum Gasteiger partial charge on any atom is -0.306 e. The van der Waals surface area contributed by atoms with E-state index in [1.165, 1.54) is 28.6 Å². The summed E-state index contributed by atoms with van der Waals surface area (Å²) < 4.78 is 1.26. The van der Waals surface area contributed by atoms with E-state index < -0.39 is 0 Å². The van der Waals surface area contributed by atoms with Gasteiger partial charge in [-0.2, -0.15) is 0 Å². The third kappa shape index (κ3) is 2.10. The Morgan fingerprint density at radius 3 is 3.36 bits per heavy atom. The van der Waals surface area contributed by atoms with E-state index in [0.717, 1.165) is 6.54 Å². The first-order chi connectivity index (χ1) is 6.81. The van der Waals surface area contributed by atoms with Gasteiger partial charge in [0.15, 0.2) is 0 Å². The summed E-state index contributed by atoms with van der Waals surface area (Å²) in [6.45, 7) is 4.64. The van der Waals surface area contributed by atoms with Crippen molar-refractivity contribution in [2.45, 2.75) is 25.3 Å². The first-order valence-corrected chi connectivity index (χ1v) is 6.54. The maximum Gasteiger partial charge on any atom is 0.0704 e. The van der Waals surface area contributed by atoms with Crippen molar-refractivity contribution in [2.24, 2.45) is 0 Å². The van der Waals surface area contributed by atoms with Gasteiger partial charge in [0, 0.05) is 17.5 Å². The van der Waals surface area contributed by atoms with Gasteiger partial charge in [-0.25, -0.2) is 0 Å². The summed E-state index contributed by atoms with van der Waals surface area (Å²) in [6.07, 6.45) is 5.73. The molecule has 1 aromatic rings. The van der Waals surface area contributed by atoms with Crippen LogP contribution in [0.25, 0.3) is 0 Å². The van der Waals surface area contributed by atoms with Crippen molar-refractivity contribution < 1.29 is 0 Å². The van der Waals surface area contributed by atoms with Gasteiger partial charge in [-0.05, 0) is 46.8 Å². The smallest absolute Gasteiger partial charge is 0.0704 e. The fourth-order valence-corrected chi connectivity index (χ4v) is 3.78. The molecule has 0 amide bonds. The van der Waals surface area contributed by atoms with Gasteiger partial charge in [0.25, 0.3) is 0 Å². The largest absolute Gasteiger partial charge is 0.306 e. The van der Waals surface area contributed by atoms with Crippen molar-refractivity contribution >= 4 is 27.3 Å². The summed E-state index contributed by atoms with van der Waals surface area (Å²) in [5, 5.41) is 3.51. The second-order valence-electron chi connectivity index (χ2n) is 3.57. The lowest BCUT2D eigenvalue weighted by Crippen LogP contribution is -2.24. The molecule has 0 saturated heterocycles. The number of hydrogen-bond donors (Lipinski definition) is 1. The van der Waals surface area contributed by atoms with Crippen LogP contribution < -0.4 is 5.32 Å². The van der Waals surface area contributed by atoms with Gasteiger partial charge in [-0.3, -0.25) is 0 Å². The Morgan fingerprint density at radius 2 is 2.57 bits per heavy atom. The molecule has 0 aliphatic heterocycles. The highest BCUT2D eigenvalue weighted by Gasteiger charge is 2.21. The molecule has 1 nitrogen and oxygen atoms in total. The predicted octanol–water partition coefficient (Wildman–Crippen LogP) is 3.66. The second-order valence-corrected chi connectivity index (χ2v) is 6.09. The Morgan fingerprint density at radius 1 is 1.71 bits per heavy atom.